The maximum absolute atomic E-state index is 13.6. The van der Waals surface area contributed by atoms with Crippen LogP contribution in [0.25, 0.3) is 0 Å². The van der Waals surface area contributed by atoms with Gasteiger partial charge < -0.3 is 20.5 Å². The molecule has 2 heterocycles. The van der Waals surface area contributed by atoms with E-state index in [4.69, 9.17) is 0 Å². The minimum Gasteiger partial charge on any atom is -0.352 e. The molecule has 0 saturated heterocycles. The van der Waals surface area contributed by atoms with Crippen LogP contribution in [-0.2, 0) is 17.5 Å². The molecule has 3 rings (SSSR count). The lowest BCUT2D eigenvalue weighted by atomic mass is 10.1. The molecule has 3 amide bonds. The van der Waals surface area contributed by atoms with Gasteiger partial charge in [-0.3, -0.25) is 14.4 Å². The predicted molar refractivity (Wildman–Crippen MR) is 91.5 cm³/mol. The Labute approximate surface area is 161 Å². The quantitative estimate of drug-likeness (QED) is 0.668. The molecule has 0 fully saturated rings. The van der Waals surface area contributed by atoms with Gasteiger partial charge in [-0.05, 0) is 25.1 Å². The highest BCUT2D eigenvalue weighted by Gasteiger charge is 2.34. The topological polar surface area (TPSA) is 105 Å². The fourth-order valence-corrected chi connectivity index (χ4v) is 2.92. The van der Waals surface area contributed by atoms with Crippen molar-refractivity contribution in [3.05, 3.63) is 46.7 Å². The fraction of sp³-hybridized carbons (Fsp3) is 0.294. The standard InChI is InChI=1S/C17H15F4N5O3/c1-7-14(27)23-6-11-12(24-13(26(7)11)16(29)22-2)25-15(28)8-3-9(17(19,20)21)5-10(18)4-8/h3-5,7H,6H2,1-2H3,(H,22,29)(H,23,27)(H,25,28). The van der Waals surface area contributed by atoms with E-state index in [-0.39, 0.29) is 35.9 Å². The molecule has 0 bridgehead atoms. The lowest BCUT2D eigenvalue weighted by molar-refractivity contribution is -0.137. The van der Waals surface area contributed by atoms with Crippen molar-refractivity contribution in [3.8, 4) is 0 Å². The molecule has 1 atom stereocenters. The summed E-state index contributed by atoms with van der Waals surface area (Å²) in [5.41, 5.74) is -1.62. The zero-order chi connectivity index (χ0) is 21.5. The molecule has 1 aliphatic rings. The van der Waals surface area contributed by atoms with Crippen molar-refractivity contribution in [1.82, 2.24) is 20.2 Å². The first kappa shape index (κ1) is 20.3. The third-order valence-electron chi connectivity index (χ3n) is 4.36. The van der Waals surface area contributed by atoms with E-state index in [9.17, 15) is 31.9 Å². The molecule has 12 heteroatoms. The minimum atomic E-state index is -4.84. The predicted octanol–water partition coefficient (Wildman–Crippen LogP) is 1.84. The number of nitrogens with one attached hydrogen (secondary N) is 3. The Kier molecular flexibility index (Phi) is 5.03. The van der Waals surface area contributed by atoms with Gasteiger partial charge in [-0.25, -0.2) is 9.37 Å². The van der Waals surface area contributed by atoms with Crippen molar-refractivity contribution in [2.45, 2.75) is 25.7 Å². The second-order valence-corrected chi connectivity index (χ2v) is 6.25. The molecule has 1 unspecified atom stereocenters. The molecule has 1 aromatic carbocycles. The monoisotopic (exact) mass is 413 g/mol. The number of carbonyl (C=O) groups excluding carboxylic acids is 3. The van der Waals surface area contributed by atoms with Gasteiger partial charge in [0.25, 0.3) is 11.8 Å². The Bertz CT molecular complexity index is 1020. The van der Waals surface area contributed by atoms with Gasteiger partial charge in [0, 0.05) is 12.6 Å². The Morgan fingerprint density at radius 1 is 1.24 bits per heavy atom. The third-order valence-corrected chi connectivity index (χ3v) is 4.36. The number of aromatic nitrogens is 2. The van der Waals surface area contributed by atoms with Crippen LogP contribution in [0.3, 0.4) is 0 Å². The van der Waals surface area contributed by atoms with Gasteiger partial charge in [0.2, 0.25) is 11.7 Å². The Balaban J connectivity index is 2.00. The molecular formula is C17H15F4N5O3. The van der Waals surface area contributed by atoms with E-state index >= 15 is 0 Å². The van der Waals surface area contributed by atoms with Gasteiger partial charge in [-0.2, -0.15) is 13.2 Å². The van der Waals surface area contributed by atoms with Crippen LogP contribution in [0.5, 0.6) is 0 Å². The maximum Gasteiger partial charge on any atom is 0.416 e. The van der Waals surface area contributed by atoms with Crippen LogP contribution >= 0.6 is 0 Å². The summed E-state index contributed by atoms with van der Waals surface area (Å²) >= 11 is 0. The van der Waals surface area contributed by atoms with E-state index in [1.165, 1.54) is 18.5 Å². The van der Waals surface area contributed by atoms with Crippen molar-refractivity contribution in [2.24, 2.45) is 0 Å². The molecule has 154 valence electrons. The summed E-state index contributed by atoms with van der Waals surface area (Å²) in [6.45, 7) is 1.44. The van der Waals surface area contributed by atoms with E-state index < -0.39 is 41.0 Å². The van der Waals surface area contributed by atoms with Crippen molar-refractivity contribution < 1.29 is 31.9 Å². The summed E-state index contributed by atoms with van der Waals surface area (Å²) in [5.74, 6) is -3.57. The summed E-state index contributed by atoms with van der Waals surface area (Å²) in [4.78, 5) is 40.5. The molecule has 1 aromatic heterocycles. The van der Waals surface area contributed by atoms with Crippen LogP contribution in [-0.4, -0.2) is 34.3 Å². The third kappa shape index (κ3) is 3.77. The number of imidazole rings is 1. The van der Waals surface area contributed by atoms with Gasteiger partial charge >= 0.3 is 6.18 Å². The van der Waals surface area contributed by atoms with E-state index in [0.717, 1.165) is 0 Å². The Morgan fingerprint density at radius 2 is 1.93 bits per heavy atom. The van der Waals surface area contributed by atoms with Crippen LogP contribution < -0.4 is 16.0 Å². The first-order valence-electron chi connectivity index (χ1n) is 8.33. The number of hydrogen-bond donors (Lipinski definition) is 3. The van der Waals surface area contributed by atoms with E-state index in [1.807, 2.05) is 0 Å². The van der Waals surface area contributed by atoms with Gasteiger partial charge in [0.1, 0.15) is 11.9 Å². The number of alkyl halides is 3. The van der Waals surface area contributed by atoms with Crippen LogP contribution in [0, 0.1) is 5.82 Å². The van der Waals surface area contributed by atoms with Crippen LogP contribution in [0.2, 0.25) is 0 Å². The van der Waals surface area contributed by atoms with Gasteiger partial charge in [-0.15, -0.1) is 0 Å². The number of rotatable bonds is 3. The van der Waals surface area contributed by atoms with Crippen LogP contribution in [0.15, 0.2) is 18.2 Å². The smallest absolute Gasteiger partial charge is 0.352 e. The first-order valence-corrected chi connectivity index (χ1v) is 8.33. The van der Waals surface area contributed by atoms with E-state index in [1.54, 1.807) is 0 Å². The summed E-state index contributed by atoms with van der Waals surface area (Å²) in [6.07, 6.45) is -4.84. The lowest BCUT2D eigenvalue weighted by Gasteiger charge is -2.24. The summed E-state index contributed by atoms with van der Waals surface area (Å²) in [7, 11) is 1.35. The second kappa shape index (κ2) is 7.18. The highest BCUT2D eigenvalue weighted by molar-refractivity contribution is 6.05. The van der Waals surface area contributed by atoms with Crippen LogP contribution in [0.4, 0.5) is 23.4 Å². The number of anilines is 1. The highest BCUT2D eigenvalue weighted by Crippen LogP contribution is 2.31. The number of hydrogen-bond acceptors (Lipinski definition) is 4. The Morgan fingerprint density at radius 3 is 2.55 bits per heavy atom. The minimum absolute atomic E-state index is 0.0697. The Hall–Kier alpha value is -3.44. The van der Waals surface area contributed by atoms with Crippen molar-refractivity contribution in [1.29, 1.82) is 0 Å². The number of carbonyl (C=O) groups is 3. The average Bonchev–Trinajstić information content (AvgIpc) is 3.01. The summed E-state index contributed by atoms with van der Waals surface area (Å²) < 4.78 is 53.5. The number of amides is 3. The van der Waals surface area contributed by atoms with Crippen molar-refractivity contribution >= 4 is 23.5 Å². The summed E-state index contributed by atoms with van der Waals surface area (Å²) in [6, 6.07) is 0.619. The zero-order valence-corrected chi connectivity index (χ0v) is 15.1. The highest BCUT2D eigenvalue weighted by atomic mass is 19.4. The van der Waals surface area contributed by atoms with Crippen LogP contribution in [0.1, 0.15) is 45.2 Å². The molecule has 8 nitrogen and oxygen atoms in total. The van der Waals surface area contributed by atoms with Crippen molar-refractivity contribution in [2.75, 3.05) is 12.4 Å². The SMILES string of the molecule is CNC(=O)c1nc(NC(=O)c2cc(F)cc(C(F)(F)F)c2)c2n1C(C)C(=O)NC2. The van der Waals surface area contributed by atoms with E-state index in [2.05, 4.69) is 20.9 Å². The van der Waals surface area contributed by atoms with E-state index in [0.29, 0.717) is 12.1 Å². The summed E-state index contributed by atoms with van der Waals surface area (Å²) in [5, 5.41) is 7.20. The molecule has 0 radical (unpaired) electrons. The molecule has 3 N–H and O–H groups in total. The fourth-order valence-electron chi connectivity index (χ4n) is 2.92. The average molecular weight is 413 g/mol. The zero-order valence-electron chi connectivity index (χ0n) is 15.1. The molecule has 1 aliphatic heterocycles. The number of fused-ring (bicyclic) bond motifs is 1. The number of halogens is 4. The van der Waals surface area contributed by atoms with Gasteiger partial charge in [0.15, 0.2) is 5.82 Å². The number of benzene rings is 1. The molecule has 0 spiro atoms. The molecular weight excluding hydrogens is 398 g/mol. The molecule has 0 aliphatic carbocycles. The number of nitrogens with zero attached hydrogens (tertiary/aromatic N) is 2. The molecule has 29 heavy (non-hydrogen) atoms. The first-order chi connectivity index (χ1) is 13.5. The lowest BCUT2D eigenvalue weighted by Crippen LogP contribution is -2.39. The second-order valence-electron chi connectivity index (χ2n) is 6.25. The molecule has 0 saturated carbocycles. The normalized spacial score (nSPS) is 16.1. The van der Waals surface area contributed by atoms with Gasteiger partial charge in [-0.1, -0.05) is 0 Å². The van der Waals surface area contributed by atoms with Gasteiger partial charge in [0.05, 0.1) is 17.8 Å². The molecule has 2 aromatic rings. The maximum atomic E-state index is 13.6. The largest absolute Gasteiger partial charge is 0.416 e. The van der Waals surface area contributed by atoms with Crippen molar-refractivity contribution in [3.63, 3.8) is 0 Å².